The van der Waals surface area contributed by atoms with Crippen molar-refractivity contribution in [3.05, 3.63) is 24.3 Å². The zero-order valence-electron chi connectivity index (χ0n) is 37.5. The lowest BCUT2D eigenvalue weighted by atomic mass is 10.0. The molecule has 0 aromatic carbocycles. The van der Waals surface area contributed by atoms with Crippen LogP contribution in [0.4, 0.5) is 0 Å². The molecule has 0 aliphatic carbocycles. The largest absolute Gasteiger partial charge is 0.472 e. The number of hydrogen-bond acceptors (Lipinski definition) is 8. The highest BCUT2D eigenvalue weighted by Gasteiger charge is 2.26. The van der Waals surface area contributed by atoms with Crippen LogP contribution in [0.2, 0.25) is 0 Å². The first-order valence-electron chi connectivity index (χ1n) is 23.6. The van der Waals surface area contributed by atoms with Crippen LogP contribution in [-0.2, 0) is 32.7 Å². The van der Waals surface area contributed by atoms with Crippen LogP contribution in [0, 0.1) is 0 Å². The van der Waals surface area contributed by atoms with Gasteiger partial charge in [-0.3, -0.25) is 18.6 Å². The number of allylic oxidation sites excluding steroid dienone is 4. The molecular weight excluding hydrogens is 737 g/mol. The fourth-order valence-corrected chi connectivity index (χ4v) is 7.30. The van der Waals surface area contributed by atoms with E-state index in [0.717, 1.165) is 51.4 Å². The average Bonchev–Trinajstić information content (AvgIpc) is 3.18. The van der Waals surface area contributed by atoms with E-state index in [4.69, 9.17) is 18.5 Å². The number of phosphoric ester groups is 1. The van der Waals surface area contributed by atoms with Gasteiger partial charge in [0.05, 0.1) is 13.2 Å². The molecule has 0 bridgehead atoms. The van der Waals surface area contributed by atoms with Gasteiger partial charge in [-0.1, -0.05) is 167 Å². The zero-order chi connectivity index (χ0) is 41.9. The van der Waals surface area contributed by atoms with Crippen LogP contribution >= 0.6 is 7.82 Å². The maximum atomic E-state index is 12.7. The molecule has 0 aromatic heterocycles. The molecule has 0 saturated carbocycles. The van der Waals surface area contributed by atoms with E-state index < -0.39 is 26.5 Å². The van der Waals surface area contributed by atoms with Crippen LogP contribution in [0.5, 0.6) is 0 Å². The second-order valence-corrected chi connectivity index (χ2v) is 17.7. The van der Waals surface area contributed by atoms with Crippen LogP contribution in [-0.4, -0.2) is 68.3 Å². The first kappa shape index (κ1) is 55.5. The molecule has 336 valence electrons. The van der Waals surface area contributed by atoms with Crippen molar-refractivity contribution in [2.45, 2.75) is 225 Å². The van der Waals surface area contributed by atoms with Crippen molar-refractivity contribution in [1.29, 1.82) is 0 Å². The lowest BCUT2D eigenvalue weighted by molar-refractivity contribution is -0.161. The van der Waals surface area contributed by atoms with Crippen molar-refractivity contribution in [1.82, 2.24) is 4.90 Å². The molecule has 0 aliphatic rings. The fraction of sp³-hybridized carbons (Fsp3) is 0.872. The number of phosphoric acid groups is 1. The van der Waals surface area contributed by atoms with E-state index in [-0.39, 0.29) is 32.0 Å². The molecule has 10 heteroatoms. The summed E-state index contributed by atoms with van der Waals surface area (Å²) in [7, 11) is -0.710. The van der Waals surface area contributed by atoms with Crippen LogP contribution in [0.3, 0.4) is 0 Å². The number of hydrogen-bond donors (Lipinski definition) is 1. The molecule has 0 aliphatic heterocycles. The van der Waals surface area contributed by atoms with Gasteiger partial charge in [0.25, 0.3) is 0 Å². The Morgan fingerprint density at radius 3 is 1.32 bits per heavy atom. The predicted molar refractivity (Wildman–Crippen MR) is 238 cm³/mol. The van der Waals surface area contributed by atoms with Crippen molar-refractivity contribution >= 4 is 19.8 Å². The SMILES string of the molecule is CCCCCC/C=C\CCCCCCCC(=O)OCC(COP(=O)(O)OCCN(C)C)OC(=O)CCCCCCCCCCCCC/C=C\CCCCCCCC. The Labute approximate surface area is 351 Å². The summed E-state index contributed by atoms with van der Waals surface area (Å²) in [5.41, 5.74) is 0. The molecule has 1 N–H and O–H groups in total. The van der Waals surface area contributed by atoms with Crippen molar-refractivity contribution in [2.75, 3.05) is 40.5 Å². The lowest BCUT2D eigenvalue weighted by Gasteiger charge is -2.20. The van der Waals surface area contributed by atoms with E-state index in [1.165, 1.54) is 135 Å². The van der Waals surface area contributed by atoms with Crippen molar-refractivity contribution < 1.29 is 37.6 Å². The van der Waals surface area contributed by atoms with E-state index in [1.54, 1.807) is 0 Å². The topological polar surface area (TPSA) is 112 Å². The maximum absolute atomic E-state index is 12.7. The molecule has 9 nitrogen and oxygen atoms in total. The standard InChI is InChI=1S/C47H90NO8P/c1-5-7-9-11-13-15-17-19-20-21-22-23-24-25-26-28-30-32-34-36-38-40-47(50)56-45(44-55-57(51,52)54-42-41-48(3)4)43-53-46(49)39-37-35-33-31-29-27-18-16-14-12-10-8-6-2/h16,18-20,45H,5-15,17,21-44H2,1-4H3,(H,51,52)/b18-16-,20-19-. The summed E-state index contributed by atoms with van der Waals surface area (Å²) in [6, 6.07) is 0. The van der Waals surface area contributed by atoms with Crippen molar-refractivity contribution in [3.8, 4) is 0 Å². The van der Waals surface area contributed by atoms with Gasteiger partial charge in [0.15, 0.2) is 6.10 Å². The van der Waals surface area contributed by atoms with E-state index in [2.05, 4.69) is 38.2 Å². The van der Waals surface area contributed by atoms with Gasteiger partial charge < -0.3 is 19.3 Å². The number of esters is 2. The molecule has 0 rings (SSSR count). The summed E-state index contributed by atoms with van der Waals surface area (Å²) in [6.07, 6.45) is 45.1. The van der Waals surface area contributed by atoms with Gasteiger partial charge in [-0.25, -0.2) is 4.57 Å². The predicted octanol–water partition coefficient (Wildman–Crippen LogP) is 13.8. The van der Waals surface area contributed by atoms with Gasteiger partial charge in [0, 0.05) is 19.4 Å². The third kappa shape index (κ3) is 43.9. The molecular formula is C47H90NO8P. The maximum Gasteiger partial charge on any atom is 0.472 e. The minimum absolute atomic E-state index is 0.00747. The Morgan fingerprint density at radius 1 is 0.526 bits per heavy atom. The van der Waals surface area contributed by atoms with Gasteiger partial charge in [-0.2, -0.15) is 0 Å². The summed E-state index contributed by atoms with van der Waals surface area (Å²) < 4.78 is 33.5. The Bertz CT molecular complexity index is 1000. The number of nitrogens with zero attached hydrogens (tertiary/aromatic N) is 1. The third-order valence-corrected chi connectivity index (χ3v) is 11.2. The highest BCUT2D eigenvalue weighted by atomic mass is 31.2. The number of rotatable bonds is 44. The molecule has 57 heavy (non-hydrogen) atoms. The second kappa shape index (κ2) is 42.6. The Hall–Kier alpha value is -1.51. The average molecular weight is 828 g/mol. The van der Waals surface area contributed by atoms with Gasteiger partial charge in [-0.05, 0) is 78.3 Å². The summed E-state index contributed by atoms with van der Waals surface area (Å²) in [5, 5.41) is 0. The zero-order valence-corrected chi connectivity index (χ0v) is 38.4. The Balaban J connectivity index is 4.19. The molecule has 2 atom stereocenters. The number of ether oxygens (including phenoxy) is 2. The molecule has 0 saturated heterocycles. The molecule has 2 unspecified atom stereocenters. The minimum Gasteiger partial charge on any atom is -0.462 e. The fourth-order valence-electron chi connectivity index (χ4n) is 6.56. The normalized spacial score (nSPS) is 13.5. The summed E-state index contributed by atoms with van der Waals surface area (Å²) in [4.78, 5) is 37.1. The highest BCUT2D eigenvalue weighted by molar-refractivity contribution is 7.47. The molecule has 0 aromatic rings. The van der Waals surface area contributed by atoms with E-state index in [1.807, 2.05) is 19.0 Å². The number of unbranched alkanes of at least 4 members (excludes halogenated alkanes) is 26. The molecule has 0 radical (unpaired) electrons. The number of carbonyl (C=O) groups excluding carboxylic acids is 2. The van der Waals surface area contributed by atoms with Crippen molar-refractivity contribution in [3.63, 3.8) is 0 Å². The smallest absolute Gasteiger partial charge is 0.462 e. The second-order valence-electron chi connectivity index (χ2n) is 16.3. The first-order chi connectivity index (χ1) is 27.7. The number of carbonyl (C=O) groups is 2. The van der Waals surface area contributed by atoms with Crippen LogP contribution in [0.25, 0.3) is 0 Å². The summed E-state index contributed by atoms with van der Waals surface area (Å²) >= 11 is 0. The molecule has 0 heterocycles. The van der Waals surface area contributed by atoms with Gasteiger partial charge in [0.1, 0.15) is 6.61 Å². The molecule has 0 spiro atoms. The van der Waals surface area contributed by atoms with E-state index in [9.17, 15) is 19.0 Å². The van der Waals surface area contributed by atoms with Gasteiger partial charge >= 0.3 is 19.8 Å². The first-order valence-corrected chi connectivity index (χ1v) is 25.1. The van der Waals surface area contributed by atoms with E-state index in [0.29, 0.717) is 13.0 Å². The van der Waals surface area contributed by atoms with Crippen molar-refractivity contribution in [2.24, 2.45) is 0 Å². The van der Waals surface area contributed by atoms with Crippen LogP contribution in [0.15, 0.2) is 24.3 Å². The monoisotopic (exact) mass is 828 g/mol. The lowest BCUT2D eigenvalue weighted by Crippen LogP contribution is -2.29. The Morgan fingerprint density at radius 2 is 0.895 bits per heavy atom. The minimum atomic E-state index is -4.36. The summed E-state index contributed by atoms with van der Waals surface area (Å²) in [6.45, 7) is 4.32. The molecule has 0 amide bonds. The van der Waals surface area contributed by atoms with Gasteiger partial charge in [0.2, 0.25) is 0 Å². The van der Waals surface area contributed by atoms with Crippen LogP contribution in [0.1, 0.15) is 219 Å². The number of likely N-dealkylation sites (N-methyl/N-ethyl adjacent to an activating group) is 1. The van der Waals surface area contributed by atoms with Gasteiger partial charge in [-0.15, -0.1) is 0 Å². The quantitative estimate of drug-likeness (QED) is 0.0278. The van der Waals surface area contributed by atoms with Crippen LogP contribution < -0.4 is 0 Å². The molecule has 0 fully saturated rings. The summed E-state index contributed by atoms with van der Waals surface area (Å²) in [5.74, 6) is -0.807. The van der Waals surface area contributed by atoms with E-state index >= 15 is 0 Å². The Kier molecular flexibility index (Phi) is 41.5. The highest BCUT2D eigenvalue weighted by Crippen LogP contribution is 2.43. The third-order valence-electron chi connectivity index (χ3n) is 10.2.